The molecule has 0 aliphatic carbocycles. The van der Waals surface area contributed by atoms with E-state index in [1.807, 2.05) is 71.9 Å². The number of amides is 5. The molecule has 20 nitrogen and oxygen atoms in total. The SMILES string of the molecule is Cn1c(-c2cn(-c3ccc(CNC(=O)OCc4ccccc4)cn3)nc2C(F)(F)F)cnc1C(=O)Nc1ccc(C(=O)N2CCN(C(=O)C3CC[N+](CC(=O)OC(C)(C)C)(CC4CN(C(=O)OC(C)(C)C)C4)CC3)CC2)c(Cl)c1. The number of nitrogens with one attached hydrogen (secondary N) is 2. The highest BCUT2D eigenvalue weighted by atomic mass is 35.5. The van der Waals surface area contributed by atoms with E-state index in [0.717, 1.165) is 22.6 Å². The number of likely N-dealkylation sites (tertiary alicyclic amines) is 2. The van der Waals surface area contributed by atoms with Gasteiger partial charge < -0.3 is 48.6 Å². The number of carbonyl (C=O) groups is 6. The minimum Gasteiger partial charge on any atom is -0.456 e. The highest BCUT2D eigenvalue weighted by Gasteiger charge is 2.46. The molecule has 0 atom stereocenters. The first-order chi connectivity index (χ1) is 37.2. The van der Waals surface area contributed by atoms with E-state index in [-0.39, 0.29) is 108 Å². The van der Waals surface area contributed by atoms with Crippen LogP contribution in [0.4, 0.5) is 28.4 Å². The van der Waals surface area contributed by atoms with E-state index in [4.69, 9.17) is 25.8 Å². The average molecular weight is 1120 g/mol. The van der Waals surface area contributed by atoms with Crippen LogP contribution in [0.25, 0.3) is 17.1 Å². The molecule has 5 aromatic rings. The number of imidazole rings is 1. The van der Waals surface area contributed by atoms with E-state index < -0.39 is 35.1 Å². The second-order valence-corrected chi connectivity index (χ2v) is 22.7. The third-order valence-corrected chi connectivity index (χ3v) is 14.2. The first kappa shape index (κ1) is 57.6. The lowest BCUT2D eigenvalue weighted by atomic mass is 9.90. The van der Waals surface area contributed by atoms with Crippen LogP contribution in [-0.4, -0.2) is 156 Å². The van der Waals surface area contributed by atoms with Gasteiger partial charge in [0.2, 0.25) is 5.91 Å². The second-order valence-electron chi connectivity index (χ2n) is 22.3. The summed E-state index contributed by atoms with van der Waals surface area (Å²) >= 11 is 6.64. The molecule has 6 heterocycles. The summed E-state index contributed by atoms with van der Waals surface area (Å²) in [6.45, 7) is 15.3. The van der Waals surface area contributed by atoms with Gasteiger partial charge in [0, 0.05) is 95.6 Å². The van der Waals surface area contributed by atoms with Gasteiger partial charge in [-0.1, -0.05) is 48.0 Å². The fourth-order valence-corrected chi connectivity index (χ4v) is 10.3. The zero-order chi connectivity index (χ0) is 57.0. The number of nitrogens with zero attached hydrogens (tertiary/aromatic N) is 9. The number of carbonyl (C=O) groups excluding carboxylic acids is 6. The normalized spacial score (nSPS) is 18.1. The number of halogens is 4. The molecule has 0 bridgehead atoms. The first-order valence-electron chi connectivity index (χ1n) is 26.1. The molecular formula is C55H66ClF3N11O9+. The molecule has 2 N–H and O–H groups in total. The van der Waals surface area contributed by atoms with Gasteiger partial charge in [0.25, 0.3) is 11.8 Å². The summed E-state index contributed by atoms with van der Waals surface area (Å²) in [6.07, 6.45) is -1.13. The maximum Gasteiger partial charge on any atom is 0.435 e. The maximum atomic E-state index is 14.5. The van der Waals surface area contributed by atoms with Crippen LogP contribution in [0.2, 0.25) is 5.02 Å². The van der Waals surface area contributed by atoms with Crippen LogP contribution in [0.5, 0.6) is 0 Å². The zero-order valence-corrected chi connectivity index (χ0v) is 46.0. The van der Waals surface area contributed by atoms with E-state index in [0.29, 0.717) is 68.7 Å². The molecule has 3 saturated heterocycles. The van der Waals surface area contributed by atoms with Crippen molar-refractivity contribution in [2.45, 2.75) is 84.9 Å². The van der Waals surface area contributed by atoms with Gasteiger partial charge >= 0.3 is 24.3 Å². The largest absolute Gasteiger partial charge is 0.456 e. The number of benzene rings is 2. The minimum absolute atomic E-state index is 0.00140. The first-order valence-corrected chi connectivity index (χ1v) is 26.4. The third-order valence-electron chi connectivity index (χ3n) is 13.9. The Morgan fingerprint density at radius 1 is 0.797 bits per heavy atom. The van der Waals surface area contributed by atoms with Crippen molar-refractivity contribution in [1.82, 2.24) is 44.3 Å². The molecule has 3 fully saturated rings. The molecule has 3 aliphatic rings. The molecule has 24 heteroatoms. The van der Waals surface area contributed by atoms with Crippen molar-refractivity contribution >= 4 is 53.2 Å². The lowest BCUT2D eigenvalue weighted by Gasteiger charge is -2.49. The van der Waals surface area contributed by atoms with Gasteiger partial charge in [-0.25, -0.2) is 29.0 Å². The summed E-state index contributed by atoms with van der Waals surface area (Å²) in [4.78, 5) is 92.8. The van der Waals surface area contributed by atoms with E-state index in [1.54, 1.807) is 20.8 Å². The van der Waals surface area contributed by atoms with Crippen molar-refractivity contribution in [3.05, 3.63) is 112 Å². The quantitative estimate of drug-likeness (QED) is 0.0621. The number of piperazine rings is 1. The summed E-state index contributed by atoms with van der Waals surface area (Å²) in [6, 6.07) is 16.5. The molecular weight excluding hydrogens is 1050 g/mol. The summed E-state index contributed by atoms with van der Waals surface area (Å²) in [7, 11) is 1.39. The van der Waals surface area contributed by atoms with Gasteiger partial charge in [0.05, 0.1) is 47.7 Å². The van der Waals surface area contributed by atoms with Gasteiger partial charge in [-0.05, 0) is 76.9 Å². The van der Waals surface area contributed by atoms with Gasteiger partial charge in [0.15, 0.2) is 23.9 Å². The monoisotopic (exact) mass is 1120 g/mol. The molecule has 0 radical (unpaired) electrons. The van der Waals surface area contributed by atoms with E-state index >= 15 is 0 Å². The number of quaternary nitrogens is 1. The zero-order valence-electron chi connectivity index (χ0n) is 45.3. The standard InChI is InChI=1S/C55H65ClF3N11O9/c1-53(2,3)78-45(71)33-70(32-37-29-68(30-37)52(76)79-54(4,5)6)23-17-38(18-24-70)49(73)66-19-21-67(22-20-66)50(74)40-15-14-39(25-42(40)56)63-48(72)47-61-28-43(65(47)7)41-31-69(64-46(41)55(57,58)59)44-16-13-36(26-60-44)27-62-51(75)77-34-35-11-9-8-10-12-35/h8-16,25-26,28,31,37-38H,17-24,27,29-30,32-34H2,1-7H3,(H-,62,63,72,74,75)/p+1. The molecule has 422 valence electrons. The van der Waals surface area contributed by atoms with Gasteiger partial charge in [-0.2, -0.15) is 18.3 Å². The number of anilines is 1. The molecule has 3 aliphatic heterocycles. The highest BCUT2D eigenvalue weighted by Crippen LogP contribution is 2.37. The summed E-state index contributed by atoms with van der Waals surface area (Å²) < 4.78 is 62.5. The number of aromatic nitrogens is 5. The fraction of sp³-hybridized carbons (Fsp3) is 0.473. The highest BCUT2D eigenvalue weighted by molar-refractivity contribution is 6.34. The number of esters is 1. The summed E-state index contributed by atoms with van der Waals surface area (Å²) in [5, 5.41) is 9.10. The Morgan fingerprint density at radius 2 is 1.47 bits per heavy atom. The molecule has 0 saturated carbocycles. The van der Waals surface area contributed by atoms with E-state index in [9.17, 15) is 41.9 Å². The number of ether oxygens (including phenoxy) is 3. The van der Waals surface area contributed by atoms with Crippen molar-refractivity contribution in [2.24, 2.45) is 18.9 Å². The Labute approximate surface area is 460 Å². The second kappa shape index (κ2) is 23.4. The van der Waals surface area contributed by atoms with Crippen LogP contribution in [0, 0.1) is 11.8 Å². The minimum atomic E-state index is -4.90. The van der Waals surface area contributed by atoms with Crippen molar-refractivity contribution in [3.8, 4) is 17.1 Å². The number of alkyl halides is 3. The van der Waals surface area contributed by atoms with Crippen molar-refractivity contribution in [3.63, 3.8) is 0 Å². The molecule has 2 aromatic carbocycles. The molecule has 79 heavy (non-hydrogen) atoms. The number of piperidine rings is 1. The molecule has 3 aromatic heterocycles. The number of rotatable bonds is 14. The summed E-state index contributed by atoms with van der Waals surface area (Å²) in [5.41, 5.74) is -1.20. The average Bonchev–Trinajstić information content (AvgIpc) is 4.03. The Bertz CT molecular complexity index is 3040. The Hall–Kier alpha value is -7.53. The van der Waals surface area contributed by atoms with Crippen molar-refractivity contribution < 1.29 is 60.6 Å². The van der Waals surface area contributed by atoms with Crippen LogP contribution in [0.15, 0.2) is 79.3 Å². The lowest BCUT2D eigenvalue weighted by Crippen LogP contribution is -2.64. The number of alkyl carbamates (subject to hydrolysis) is 1. The number of hydrogen-bond acceptors (Lipinski definition) is 12. The third kappa shape index (κ3) is 14.6. The molecule has 5 amide bonds. The summed E-state index contributed by atoms with van der Waals surface area (Å²) in [5.74, 6) is -1.70. The van der Waals surface area contributed by atoms with Crippen molar-refractivity contribution in [2.75, 3.05) is 70.8 Å². The smallest absolute Gasteiger partial charge is 0.435 e. The van der Waals surface area contributed by atoms with Crippen LogP contribution in [0.1, 0.15) is 92.2 Å². The van der Waals surface area contributed by atoms with E-state index in [2.05, 4.69) is 25.7 Å². The Kier molecular flexibility index (Phi) is 17.1. The van der Waals surface area contributed by atoms with Crippen LogP contribution < -0.4 is 10.6 Å². The van der Waals surface area contributed by atoms with Crippen LogP contribution in [-0.2, 0) is 50.2 Å². The lowest BCUT2D eigenvalue weighted by molar-refractivity contribution is -0.930. The van der Waals surface area contributed by atoms with Gasteiger partial charge in [0.1, 0.15) is 17.8 Å². The van der Waals surface area contributed by atoms with E-state index in [1.165, 1.54) is 42.1 Å². The van der Waals surface area contributed by atoms with Crippen LogP contribution >= 0.6 is 11.6 Å². The number of hydrogen-bond donors (Lipinski definition) is 2. The fourth-order valence-electron chi connectivity index (χ4n) is 10.00. The predicted octanol–water partition coefficient (Wildman–Crippen LogP) is 7.74. The molecule has 0 spiro atoms. The Balaban J connectivity index is 0.834. The van der Waals surface area contributed by atoms with Crippen molar-refractivity contribution in [1.29, 1.82) is 0 Å². The van der Waals surface area contributed by atoms with Gasteiger partial charge in [-0.3, -0.25) is 14.4 Å². The predicted molar refractivity (Wildman–Crippen MR) is 284 cm³/mol. The molecule has 8 rings (SSSR count). The topological polar surface area (TPSA) is 212 Å². The Morgan fingerprint density at radius 3 is 2.09 bits per heavy atom. The van der Waals surface area contributed by atoms with Crippen LogP contribution in [0.3, 0.4) is 0 Å². The van der Waals surface area contributed by atoms with Gasteiger partial charge in [-0.15, -0.1) is 0 Å². The molecule has 0 unspecified atom stereocenters. The number of pyridine rings is 1. The maximum absolute atomic E-state index is 14.5.